The van der Waals surface area contributed by atoms with E-state index >= 15 is 0 Å². The molecule has 0 saturated heterocycles. The van der Waals surface area contributed by atoms with E-state index in [-0.39, 0.29) is 17.5 Å². The van der Waals surface area contributed by atoms with Crippen LogP contribution in [0, 0.1) is 5.82 Å². The average Bonchev–Trinajstić information content (AvgIpc) is 3.12. The van der Waals surface area contributed by atoms with Crippen LogP contribution in [0.3, 0.4) is 0 Å². The van der Waals surface area contributed by atoms with Crippen molar-refractivity contribution in [3.63, 3.8) is 0 Å². The van der Waals surface area contributed by atoms with Gasteiger partial charge in [0.1, 0.15) is 11.5 Å². The van der Waals surface area contributed by atoms with Crippen LogP contribution in [0.15, 0.2) is 64.8 Å². The van der Waals surface area contributed by atoms with E-state index in [1.54, 1.807) is 34.9 Å². The van der Waals surface area contributed by atoms with Crippen molar-refractivity contribution in [1.29, 1.82) is 0 Å². The highest BCUT2D eigenvalue weighted by molar-refractivity contribution is 8.00. The van der Waals surface area contributed by atoms with Gasteiger partial charge in [-0.3, -0.25) is 14.2 Å². The Morgan fingerprint density at radius 1 is 1.18 bits per heavy atom. The highest BCUT2D eigenvalue weighted by Gasteiger charge is 2.19. The highest BCUT2D eigenvalue weighted by atomic mass is 32.2. The Hall–Kier alpha value is -2.78. The fourth-order valence-electron chi connectivity index (χ4n) is 2.51. The van der Waals surface area contributed by atoms with Crippen LogP contribution in [0.25, 0.3) is 5.69 Å². The van der Waals surface area contributed by atoms with E-state index in [0.717, 1.165) is 4.90 Å². The largest absolute Gasteiger partial charge is 0.369 e. The van der Waals surface area contributed by atoms with Crippen LogP contribution in [-0.4, -0.2) is 33.4 Å². The molecule has 2 aromatic carbocycles. The van der Waals surface area contributed by atoms with Gasteiger partial charge >= 0.3 is 0 Å². The maximum atomic E-state index is 13.3. The number of para-hydroxylation sites is 1. The standard InChI is InChI=1S/C19H17FN4O2S2/c1-27-19-22-10-15(24(19)13-8-6-12(20)7-9-13)18(26)23-14-4-2-3-5-16(14)28-11-17(21)25/h2-10H,11H2,1H3,(H2,21,25)(H,23,26). The number of carbonyl (C=O) groups excluding carboxylic acids is 2. The number of imidazole rings is 1. The van der Waals surface area contributed by atoms with Crippen molar-refractivity contribution in [2.24, 2.45) is 5.73 Å². The molecule has 0 saturated carbocycles. The summed E-state index contributed by atoms with van der Waals surface area (Å²) in [5.74, 6) is -1.06. The Kier molecular flexibility index (Phi) is 6.37. The summed E-state index contributed by atoms with van der Waals surface area (Å²) >= 11 is 2.62. The van der Waals surface area contributed by atoms with Gasteiger partial charge in [0.05, 0.1) is 17.6 Å². The van der Waals surface area contributed by atoms with Crippen LogP contribution in [0.5, 0.6) is 0 Å². The van der Waals surface area contributed by atoms with Gasteiger partial charge in [-0.15, -0.1) is 11.8 Å². The lowest BCUT2D eigenvalue weighted by molar-refractivity contribution is -0.115. The molecule has 144 valence electrons. The van der Waals surface area contributed by atoms with Gasteiger partial charge in [0.25, 0.3) is 5.91 Å². The Bertz CT molecular complexity index is 1010. The Morgan fingerprint density at radius 3 is 2.57 bits per heavy atom. The Morgan fingerprint density at radius 2 is 1.89 bits per heavy atom. The third-order valence-corrected chi connectivity index (χ3v) is 5.48. The fraction of sp³-hybridized carbons (Fsp3) is 0.105. The second-order valence-electron chi connectivity index (χ2n) is 5.65. The van der Waals surface area contributed by atoms with Crippen molar-refractivity contribution in [2.75, 3.05) is 17.3 Å². The number of nitrogens with zero attached hydrogens (tertiary/aromatic N) is 2. The normalized spacial score (nSPS) is 10.6. The molecule has 0 spiro atoms. The predicted molar refractivity (Wildman–Crippen MR) is 110 cm³/mol. The van der Waals surface area contributed by atoms with Crippen molar-refractivity contribution in [3.8, 4) is 5.69 Å². The lowest BCUT2D eigenvalue weighted by Gasteiger charge is -2.13. The first-order valence-electron chi connectivity index (χ1n) is 8.18. The van der Waals surface area contributed by atoms with E-state index < -0.39 is 5.91 Å². The van der Waals surface area contributed by atoms with Crippen LogP contribution >= 0.6 is 23.5 Å². The smallest absolute Gasteiger partial charge is 0.274 e. The van der Waals surface area contributed by atoms with Gasteiger partial charge in [0, 0.05) is 10.6 Å². The molecule has 0 aliphatic rings. The number of hydrogen-bond donors (Lipinski definition) is 2. The summed E-state index contributed by atoms with van der Waals surface area (Å²) in [6, 6.07) is 13.0. The van der Waals surface area contributed by atoms with Gasteiger partial charge in [-0.1, -0.05) is 23.9 Å². The lowest BCUT2D eigenvalue weighted by atomic mass is 10.3. The number of amides is 2. The van der Waals surface area contributed by atoms with E-state index in [2.05, 4.69) is 10.3 Å². The number of nitrogens with two attached hydrogens (primary N) is 1. The second-order valence-corrected chi connectivity index (χ2v) is 7.44. The summed E-state index contributed by atoms with van der Waals surface area (Å²) in [5, 5.41) is 3.46. The topological polar surface area (TPSA) is 90.0 Å². The maximum absolute atomic E-state index is 13.3. The molecule has 0 fully saturated rings. The SMILES string of the molecule is CSc1ncc(C(=O)Nc2ccccc2SCC(N)=O)n1-c1ccc(F)cc1. The summed E-state index contributed by atoms with van der Waals surface area (Å²) in [4.78, 5) is 29.0. The molecule has 2 amide bonds. The number of halogens is 1. The number of rotatable bonds is 7. The van der Waals surface area contributed by atoms with Crippen LogP contribution in [0.1, 0.15) is 10.5 Å². The van der Waals surface area contributed by atoms with Crippen molar-refractivity contribution in [2.45, 2.75) is 10.1 Å². The Labute approximate surface area is 169 Å². The molecule has 1 heterocycles. The lowest BCUT2D eigenvalue weighted by Crippen LogP contribution is -2.17. The third kappa shape index (κ3) is 4.55. The number of anilines is 1. The van der Waals surface area contributed by atoms with Crippen LogP contribution in [-0.2, 0) is 4.79 Å². The molecule has 0 radical (unpaired) electrons. The Balaban J connectivity index is 1.91. The minimum atomic E-state index is -0.440. The molecule has 9 heteroatoms. The summed E-state index contributed by atoms with van der Waals surface area (Å²) in [6.07, 6.45) is 3.32. The number of aromatic nitrogens is 2. The molecule has 0 aliphatic heterocycles. The number of carbonyl (C=O) groups is 2. The van der Waals surface area contributed by atoms with Gasteiger partial charge in [-0.05, 0) is 42.7 Å². The third-order valence-electron chi connectivity index (χ3n) is 3.73. The molecule has 0 atom stereocenters. The summed E-state index contributed by atoms with van der Waals surface area (Å²) in [6.45, 7) is 0. The van der Waals surface area contributed by atoms with E-state index in [9.17, 15) is 14.0 Å². The van der Waals surface area contributed by atoms with Crippen molar-refractivity contribution in [3.05, 3.63) is 66.2 Å². The second kappa shape index (κ2) is 8.94. The van der Waals surface area contributed by atoms with Gasteiger partial charge in [0.15, 0.2) is 5.16 Å². The zero-order valence-electron chi connectivity index (χ0n) is 14.9. The van der Waals surface area contributed by atoms with Crippen molar-refractivity contribution in [1.82, 2.24) is 9.55 Å². The molecular weight excluding hydrogens is 399 g/mol. The first-order valence-corrected chi connectivity index (χ1v) is 10.4. The van der Waals surface area contributed by atoms with Crippen LogP contribution in [0.4, 0.5) is 10.1 Å². The number of hydrogen-bond acceptors (Lipinski definition) is 5. The zero-order valence-corrected chi connectivity index (χ0v) is 16.5. The summed E-state index contributed by atoms with van der Waals surface area (Å²) < 4.78 is 15.0. The molecule has 0 unspecified atom stereocenters. The molecular formula is C19H17FN4O2S2. The van der Waals surface area contributed by atoms with E-state index in [1.165, 1.54) is 41.9 Å². The van der Waals surface area contributed by atoms with Crippen molar-refractivity contribution >= 4 is 41.0 Å². The zero-order chi connectivity index (χ0) is 20.1. The molecule has 28 heavy (non-hydrogen) atoms. The summed E-state index contributed by atoms with van der Waals surface area (Å²) in [5.41, 5.74) is 6.71. The molecule has 3 N–H and O–H groups in total. The average molecular weight is 417 g/mol. The van der Waals surface area contributed by atoms with Crippen molar-refractivity contribution < 1.29 is 14.0 Å². The number of nitrogens with one attached hydrogen (secondary N) is 1. The summed E-state index contributed by atoms with van der Waals surface area (Å²) in [7, 11) is 0. The number of primary amides is 1. The number of benzene rings is 2. The monoisotopic (exact) mass is 416 g/mol. The maximum Gasteiger partial charge on any atom is 0.274 e. The van der Waals surface area contributed by atoms with Crippen LogP contribution in [0.2, 0.25) is 0 Å². The van der Waals surface area contributed by atoms with E-state index in [0.29, 0.717) is 22.2 Å². The molecule has 3 rings (SSSR count). The minimum Gasteiger partial charge on any atom is -0.369 e. The van der Waals surface area contributed by atoms with Gasteiger partial charge in [-0.2, -0.15) is 0 Å². The molecule has 1 aromatic heterocycles. The fourth-order valence-corrected chi connectivity index (χ4v) is 3.80. The molecule has 0 bridgehead atoms. The molecule has 0 aliphatic carbocycles. The predicted octanol–water partition coefficient (Wildman–Crippen LogP) is 3.56. The molecule has 3 aromatic rings. The first-order chi connectivity index (χ1) is 13.5. The number of thioether (sulfide) groups is 2. The molecule has 6 nitrogen and oxygen atoms in total. The van der Waals surface area contributed by atoms with Gasteiger partial charge in [-0.25, -0.2) is 9.37 Å². The van der Waals surface area contributed by atoms with Gasteiger partial charge < -0.3 is 11.1 Å². The van der Waals surface area contributed by atoms with Gasteiger partial charge in [0.2, 0.25) is 5.91 Å². The van der Waals surface area contributed by atoms with Crippen LogP contribution < -0.4 is 11.1 Å². The first kappa shape index (κ1) is 20.0. The minimum absolute atomic E-state index is 0.108. The van der Waals surface area contributed by atoms with E-state index in [4.69, 9.17) is 5.73 Å². The quantitative estimate of drug-likeness (QED) is 0.575. The van der Waals surface area contributed by atoms with E-state index in [1.807, 2.05) is 12.3 Å². The highest BCUT2D eigenvalue weighted by Crippen LogP contribution is 2.28.